The zero-order valence-corrected chi connectivity index (χ0v) is 25.9. The smallest absolute Gasteiger partial charge is 0.141 e. The van der Waals surface area contributed by atoms with Gasteiger partial charge in [-0.1, -0.05) is 72.8 Å². The molecule has 0 spiro atoms. The monoisotopic (exact) mass is 613 g/mol. The molecule has 0 radical (unpaired) electrons. The third-order valence-corrected chi connectivity index (χ3v) is 9.45. The van der Waals surface area contributed by atoms with Gasteiger partial charge in [-0.05, 0) is 95.8 Å². The molecule has 0 atom stereocenters. The number of nitrogens with zero attached hydrogens (tertiary/aromatic N) is 5. The molecule has 0 fully saturated rings. The quantitative estimate of drug-likeness (QED) is 0.198. The summed E-state index contributed by atoms with van der Waals surface area (Å²) in [4.78, 5) is 4.97. The average molecular weight is 614 g/mol. The van der Waals surface area contributed by atoms with E-state index in [0.717, 1.165) is 79.6 Å². The van der Waals surface area contributed by atoms with Crippen LogP contribution in [-0.4, -0.2) is 15.3 Å². The molecule has 1 aliphatic rings. The Kier molecular flexibility index (Phi) is 6.32. The van der Waals surface area contributed by atoms with E-state index < -0.39 is 0 Å². The van der Waals surface area contributed by atoms with Crippen LogP contribution in [0, 0.1) is 22.7 Å². The Hall–Kier alpha value is -6.69. The first-order valence-corrected chi connectivity index (χ1v) is 16.1. The Morgan fingerprint density at radius 1 is 0.521 bits per heavy atom. The Morgan fingerprint density at radius 3 is 1.96 bits per heavy atom. The minimum atomic E-state index is 0.627. The van der Waals surface area contributed by atoms with Crippen LogP contribution in [0.2, 0.25) is 0 Å². The van der Waals surface area contributed by atoms with Crippen molar-refractivity contribution in [2.24, 2.45) is 4.99 Å². The molecule has 0 saturated carbocycles. The van der Waals surface area contributed by atoms with Gasteiger partial charge in [0.25, 0.3) is 0 Å². The zero-order valence-electron chi connectivity index (χ0n) is 25.9. The van der Waals surface area contributed by atoms with Crippen LogP contribution in [0.5, 0.6) is 0 Å². The summed E-state index contributed by atoms with van der Waals surface area (Å²) in [5.74, 6) is 0.974. The average Bonchev–Trinajstić information content (AvgIpc) is 3.67. The largest absolute Gasteiger partial charge is 0.309 e. The number of aryl methyl sites for hydroxylation is 1. The van der Waals surface area contributed by atoms with Crippen LogP contribution >= 0.6 is 0 Å². The number of fused-ring (bicyclic) bond motifs is 6. The van der Waals surface area contributed by atoms with E-state index in [1.807, 2.05) is 42.6 Å². The first-order valence-electron chi connectivity index (χ1n) is 16.1. The summed E-state index contributed by atoms with van der Waals surface area (Å²) in [7, 11) is 0. The van der Waals surface area contributed by atoms with E-state index in [0.29, 0.717) is 11.1 Å². The topological polar surface area (TPSA) is 69.8 Å². The maximum atomic E-state index is 9.74. The van der Waals surface area contributed by atoms with Crippen molar-refractivity contribution in [1.82, 2.24) is 9.13 Å². The van der Waals surface area contributed by atoms with Gasteiger partial charge in [-0.15, -0.1) is 0 Å². The standard InChI is InChI=1S/C43H27N5/c44-26-28-9-7-10-30(21-28)34-11-1-2-12-35(34)31-23-32(47-40-16-5-4-14-37(40)39-22-29(27-45)18-19-42(39)47)25-33(24-31)48-41-17-6-3-13-36(41)38-15-8-20-46-43(38)48/h1-7,9-14,16-25H,8,15H2. The van der Waals surface area contributed by atoms with E-state index in [-0.39, 0.29) is 0 Å². The molecule has 2 aromatic heterocycles. The van der Waals surface area contributed by atoms with Crippen molar-refractivity contribution >= 4 is 44.7 Å². The molecule has 0 amide bonds. The predicted octanol–water partition coefficient (Wildman–Crippen LogP) is 10.5. The second-order valence-corrected chi connectivity index (χ2v) is 12.2. The van der Waals surface area contributed by atoms with Gasteiger partial charge in [0.2, 0.25) is 0 Å². The summed E-state index contributed by atoms with van der Waals surface area (Å²) in [6.45, 7) is 0. The zero-order chi connectivity index (χ0) is 32.2. The number of aromatic nitrogens is 2. The van der Waals surface area contributed by atoms with Gasteiger partial charge in [0.05, 0.1) is 45.5 Å². The molecule has 0 aliphatic carbocycles. The lowest BCUT2D eigenvalue weighted by Gasteiger charge is -2.18. The first kappa shape index (κ1) is 27.6. The maximum absolute atomic E-state index is 9.74. The van der Waals surface area contributed by atoms with Crippen LogP contribution in [-0.2, 0) is 6.42 Å². The molecule has 3 heterocycles. The number of rotatable bonds is 4. The van der Waals surface area contributed by atoms with Crippen LogP contribution in [0.3, 0.4) is 0 Å². The fourth-order valence-corrected chi connectivity index (χ4v) is 7.37. The van der Waals surface area contributed by atoms with Crippen LogP contribution in [0.4, 0.5) is 5.82 Å². The molecular weight excluding hydrogens is 587 g/mol. The molecule has 5 nitrogen and oxygen atoms in total. The molecular formula is C43H27N5. The molecule has 0 N–H and O–H groups in total. The van der Waals surface area contributed by atoms with Crippen LogP contribution in [0.15, 0.2) is 138 Å². The summed E-state index contributed by atoms with van der Waals surface area (Å²) in [6, 6.07) is 50.5. The normalized spacial score (nSPS) is 12.3. The van der Waals surface area contributed by atoms with Gasteiger partial charge in [0.15, 0.2) is 0 Å². The lowest BCUT2D eigenvalue weighted by atomic mass is 9.93. The number of benzene rings is 6. The van der Waals surface area contributed by atoms with Gasteiger partial charge in [-0.3, -0.25) is 4.57 Å². The van der Waals surface area contributed by atoms with Gasteiger partial charge in [0.1, 0.15) is 5.82 Å². The fraction of sp³-hybridized carbons (Fsp3) is 0.0465. The second kappa shape index (κ2) is 11.0. The van der Waals surface area contributed by atoms with Gasteiger partial charge in [0, 0.05) is 33.6 Å². The van der Waals surface area contributed by atoms with Gasteiger partial charge in [-0.2, -0.15) is 10.5 Å². The Balaban J connectivity index is 1.39. The minimum absolute atomic E-state index is 0.627. The van der Waals surface area contributed by atoms with Crippen molar-refractivity contribution in [1.29, 1.82) is 10.5 Å². The Bertz CT molecular complexity index is 2710. The summed E-state index contributed by atoms with van der Waals surface area (Å²) in [6.07, 6.45) is 3.90. The van der Waals surface area contributed by atoms with Gasteiger partial charge in [-0.25, -0.2) is 4.99 Å². The van der Waals surface area contributed by atoms with Crippen LogP contribution < -0.4 is 0 Å². The lowest BCUT2D eigenvalue weighted by Crippen LogP contribution is -2.01. The van der Waals surface area contributed by atoms with E-state index in [9.17, 15) is 10.5 Å². The lowest BCUT2D eigenvalue weighted by molar-refractivity contribution is 0.998. The van der Waals surface area contributed by atoms with E-state index in [1.165, 1.54) is 10.9 Å². The van der Waals surface area contributed by atoms with E-state index in [4.69, 9.17) is 4.99 Å². The summed E-state index contributed by atoms with van der Waals surface area (Å²) in [5, 5.41) is 22.8. The molecule has 224 valence electrons. The Labute approximate surface area is 277 Å². The highest BCUT2D eigenvalue weighted by atomic mass is 15.1. The van der Waals surface area contributed by atoms with Crippen molar-refractivity contribution in [2.75, 3.05) is 0 Å². The molecule has 0 bridgehead atoms. The number of hydrogen-bond donors (Lipinski definition) is 0. The van der Waals surface area contributed by atoms with E-state index in [1.54, 1.807) is 0 Å². The predicted molar refractivity (Wildman–Crippen MR) is 194 cm³/mol. The van der Waals surface area contributed by atoms with E-state index in [2.05, 4.69) is 118 Å². The van der Waals surface area contributed by atoms with Crippen LogP contribution in [0.1, 0.15) is 23.1 Å². The van der Waals surface area contributed by atoms with Crippen molar-refractivity contribution in [2.45, 2.75) is 12.8 Å². The first-order chi connectivity index (χ1) is 23.7. The highest BCUT2D eigenvalue weighted by Gasteiger charge is 2.22. The third-order valence-electron chi connectivity index (χ3n) is 9.45. The molecule has 6 aromatic carbocycles. The number of hydrogen-bond acceptors (Lipinski definition) is 3. The van der Waals surface area contributed by atoms with Crippen molar-refractivity contribution in [3.63, 3.8) is 0 Å². The molecule has 8 aromatic rings. The number of para-hydroxylation sites is 2. The molecule has 0 saturated heterocycles. The summed E-state index contributed by atoms with van der Waals surface area (Å²) >= 11 is 0. The fourth-order valence-electron chi connectivity index (χ4n) is 7.37. The third kappa shape index (κ3) is 4.26. The van der Waals surface area contributed by atoms with Crippen molar-refractivity contribution in [3.8, 4) is 45.8 Å². The number of aliphatic imine (C=N–C) groups is 1. The maximum Gasteiger partial charge on any atom is 0.141 e. The van der Waals surface area contributed by atoms with Crippen molar-refractivity contribution < 1.29 is 0 Å². The van der Waals surface area contributed by atoms with Crippen LogP contribution in [0.25, 0.3) is 66.3 Å². The molecule has 0 unspecified atom stereocenters. The minimum Gasteiger partial charge on any atom is -0.309 e. The van der Waals surface area contributed by atoms with Gasteiger partial charge >= 0.3 is 0 Å². The highest BCUT2D eigenvalue weighted by molar-refractivity contribution is 6.10. The van der Waals surface area contributed by atoms with E-state index >= 15 is 0 Å². The SMILES string of the molecule is N#Cc1cccc(-c2ccccc2-c2cc(-n3c4c(c5ccccc53)CCC=N4)cc(-n3c4ccccc4c4cc(C#N)ccc43)c2)c1. The number of nitriles is 2. The Morgan fingerprint density at radius 2 is 1.17 bits per heavy atom. The molecule has 1 aliphatic heterocycles. The van der Waals surface area contributed by atoms with Gasteiger partial charge < -0.3 is 4.57 Å². The molecule has 5 heteroatoms. The summed E-state index contributed by atoms with van der Waals surface area (Å²) in [5.41, 5.74) is 11.9. The molecule has 48 heavy (non-hydrogen) atoms. The molecule has 9 rings (SSSR count). The summed E-state index contributed by atoms with van der Waals surface area (Å²) < 4.78 is 4.60. The highest BCUT2D eigenvalue weighted by Crippen LogP contribution is 2.42. The van der Waals surface area contributed by atoms with Crippen molar-refractivity contribution in [3.05, 3.63) is 150 Å². The second-order valence-electron chi connectivity index (χ2n) is 12.2.